The molecule has 25 heavy (non-hydrogen) atoms. The van der Waals surface area contributed by atoms with Gasteiger partial charge in [-0.1, -0.05) is 30.3 Å². The van der Waals surface area contributed by atoms with E-state index in [4.69, 9.17) is 0 Å². The van der Waals surface area contributed by atoms with Crippen LogP contribution in [0.5, 0.6) is 0 Å². The lowest BCUT2D eigenvalue weighted by Gasteiger charge is -2.17. The minimum Gasteiger partial charge on any atom is -0.333 e. The first-order valence-corrected chi connectivity index (χ1v) is 7.15. The maximum absolute atomic E-state index is 13.2. The fourth-order valence-corrected chi connectivity index (χ4v) is 2.11. The van der Waals surface area contributed by atoms with Crippen LogP contribution in [-0.2, 0) is 22.3 Å². The normalized spacial score (nSPS) is 11.1. The number of hydrogen-bond donors (Lipinski definition) is 1. The summed E-state index contributed by atoms with van der Waals surface area (Å²) in [7, 11) is 1.39. The van der Waals surface area contributed by atoms with Gasteiger partial charge in [0.05, 0.1) is 5.56 Å². The van der Waals surface area contributed by atoms with E-state index in [0.29, 0.717) is 12.1 Å². The average Bonchev–Trinajstić information content (AvgIpc) is 2.55. The first-order chi connectivity index (χ1) is 11.7. The van der Waals surface area contributed by atoms with Crippen LogP contribution < -0.4 is 5.32 Å². The number of halogens is 4. The van der Waals surface area contributed by atoms with Gasteiger partial charge in [-0.3, -0.25) is 9.59 Å². The van der Waals surface area contributed by atoms with Crippen molar-refractivity contribution in [2.24, 2.45) is 0 Å². The van der Waals surface area contributed by atoms with E-state index in [1.165, 1.54) is 7.05 Å². The van der Waals surface area contributed by atoms with Crippen molar-refractivity contribution in [2.45, 2.75) is 12.7 Å². The summed E-state index contributed by atoms with van der Waals surface area (Å²) in [5, 5.41) is 2.05. The van der Waals surface area contributed by atoms with Crippen molar-refractivity contribution in [3.05, 3.63) is 65.5 Å². The van der Waals surface area contributed by atoms with Crippen molar-refractivity contribution in [3.63, 3.8) is 0 Å². The van der Waals surface area contributed by atoms with Crippen LogP contribution in [0.25, 0.3) is 0 Å². The number of carbonyl (C=O) groups excluding carboxylic acids is 2. The van der Waals surface area contributed by atoms with Crippen LogP contribution in [0.2, 0.25) is 0 Å². The highest BCUT2D eigenvalue weighted by molar-refractivity contribution is 6.39. The molecule has 0 saturated heterocycles. The third-order valence-corrected chi connectivity index (χ3v) is 3.33. The summed E-state index contributed by atoms with van der Waals surface area (Å²) in [6.45, 7) is 0.157. The molecule has 0 atom stereocenters. The largest absolute Gasteiger partial charge is 0.419 e. The molecule has 0 spiro atoms. The van der Waals surface area contributed by atoms with Crippen molar-refractivity contribution in [3.8, 4) is 0 Å². The molecule has 0 aromatic heterocycles. The number of nitrogens with one attached hydrogen (secondary N) is 1. The van der Waals surface area contributed by atoms with Crippen LogP contribution in [0.1, 0.15) is 11.1 Å². The van der Waals surface area contributed by atoms with E-state index < -0.39 is 29.4 Å². The topological polar surface area (TPSA) is 49.4 Å². The zero-order valence-electron chi connectivity index (χ0n) is 13.1. The Morgan fingerprint density at radius 1 is 1.08 bits per heavy atom. The molecule has 0 saturated carbocycles. The molecule has 8 heteroatoms. The van der Waals surface area contributed by atoms with E-state index >= 15 is 0 Å². The summed E-state index contributed by atoms with van der Waals surface area (Å²) in [4.78, 5) is 25.1. The highest BCUT2D eigenvalue weighted by Crippen LogP contribution is 2.32. The Hall–Kier alpha value is -2.90. The number of carbonyl (C=O) groups is 2. The molecule has 0 aliphatic carbocycles. The molecule has 0 aliphatic heterocycles. The van der Waals surface area contributed by atoms with Crippen molar-refractivity contribution in [1.82, 2.24) is 4.90 Å². The molecular weight excluding hydrogens is 340 g/mol. The number of benzene rings is 2. The number of nitrogens with zero attached hydrogens (tertiary/aromatic N) is 1. The highest BCUT2D eigenvalue weighted by Gasteiger charge is 2.34. The average molecular weight is 354 g/mol. The fraction of sp³-hybridized carbons (Fsp3) is 0.176. The molecule has 0 heterocycles. The second-order valence-corrected chi connectivity index (χ2v) is 5.29. The van der Waals surface area contributed by atoms with E-state index in [1.54, 1.807) is 30.3 Å². The quantitative estimate of drug-likeness (QED) is 0.678. The number of amides is 2. The van der Waals surface area contributed by atoms with E-state index in [2.05, 4.69) is 5.32 Å². The first kappa shape index (κ1) is 18.4. The van der Waals surface area contributed by atoms with E-state index in [9.17, 15) is 27.2 Å². The second kappa shape index (κ2) is 7.33. The van der Waals surface area contributed by atoms with E-state index in [-0.39, 0.29) is 12.2 Å². The SMILES string of the molecule is CN(Cc1ccccc1)C(=O)C(=O)Nc1ccc(F)c(C(F)(F)F)c1. The Bertz CT molecular complexity index is 776. The van der Waals surface area contributed by atoms with Gasteiger partial charge in [0.2, 0.25) is 0 Å². The van der Waals surface area contributed by atoms with Crippen molar-refractivity contribution < 1.29 is 27.2 Å². The van der Waals surface area contributed by atoms with Crippen LogP contribution in [0.3, 0.4) is 0 Å². The maximum atomic E-state index is 13.2. The number of likely N-dealkylation sites (N-methyl/N-ethyl adjacent to an activating group) is 1. The van der Waals surface area contributed by atoms with Crippen molar-refractivity contribution >= 4 is 17.5 Å². The third-order valence-electron chi connectivity index (χ3n) is 3.33. The molecule has 2 rings (SSSR count). The highest BCUT2D eigenvalue weighted by atomic mass is 19.4. The molecule has 0 fully saturated rings. The van der Waals surface area contributed by atoms with Gasteiger partial charge in [-0.15, -0.1) is 0 Å². The summed E-state index contributed by atoms with van der Waals surface area (Å²) in [6.07, 6.45) is -4.90. The van der Waals surface area contributed by atoms with Crippen molar-refractivity contribution in [2.75, 3.05) is 12.4 Å². The zero-order valence-corrected chi connectivity index (χ0v) is 13.1. The van der Waals surface area contributed by atoms with Crippen LogP contribution in [-0.4, -0.2) is 23.8 Å². The number of hydrogen-bond acceptors (Lipinski definition) is 2. The van der Waals surface area contributed by atoms with Gasteiger partial charge >= 0.3 is 18.0 Å². The Morgan fingerprint density at radius 2 is 1.72 bits per heavy atom. The predicted molar refractivity (Wildman–Crippen MR) is 82.9 cm³/mol. The van der Waals surface area contributed by atoms with Gasteiger partial charge in [-0.25, -0.2) is 4.39 Å². The summed E-state index contributed by atoms with van der Waals surface area (Å²) in [5.41, 5.74) is -1.05. The lowest BCUT2D eigenvalue weighted by Crippen LogP contribution is -2.36. The Balaban J connectivity index is 2.07. The van der Waals surface area contributed by atoms with Gasteiger partial charge < -0.3 is 10.2 Å². The van der Waals surface area contributed by atoms with E-state index in [1.807, 2.05) is 0 Å². The molecular formula is C17H14F4N2O2. The number of rotatable bonds is 3. The van der Waals surface area contributed by atoms with Gasteiger partial charge in [0.15, 0.2) is 0 Å². The van der Waals surface area contributed by atoms with Crippen LogP contribution in [0, 0.1) is 5.82 Å². The maximum Gasteiger partial charge on any atom is 0.419 e. The first-order valence-electron chi connectivity index (χ1n) is 7.15. The molecule has 1 N–H and O–H groups in total. The van der Waals surface area contributed by atoms with E-state index in [0.717, 1.165) is 16.5 Å². The van der Waals surface area contributed by atoms with Crippen LogP contribution in [0.4, 0.5) is 23.2 Å². The molecule has 0 unspecified atom stereocenters. The number of alkyl halides is 3. The predicted octanol–water partition coefficient (Wildman–Crippen LogP) is 3.44. The van der Waals surface area contributed by atoms with Gasteiger partial charge in [-0.05, 0) is 23.8 Å². The molecule has 2 aromatic carbocycles. The lowest BCUT2D eigenvalue weighted by atomic mass is 10.1. The second-order valence-electron chi connectivity index (χ2n) is 5.29. The summed E-state index contributed by atoms with van der Waals surface area (Å²) in [5.74, 6) is -3.50. The molecule has 0 radical (unpaired) electrons. The minimum absolute atomic E-state index is 0.157. The third kappa shape index (κ3) is 4.79. The van der Waals surface area contributed by atoms with Crippen LogP contribution >= 0.6 is 0 Å². The summed E-state index contributed by atoms with van der Waals surface area (Å²) >= 11 is 0. The van der Waals surface area contributed by atoms with Crippen molar-refractivity contribution in [1.29, 1.82) is 0 Å². The molecule has 4 nitrogen and oxygen atoms in total. The van der Waals surface area contributed by atoms with Gasteiger partial charge in [0.25, 0.3) is 0 Å². The van der Waals surface area contributed by atoms with Crippen LogP contribution in [0.15, 0.2) is 48.5 Å². The Labute approximate surface area is 141 Å². The van der Waals surface area contributed by atoms with Gasteiger partial charge in [-0.2, -0.15) is 13.2 Å². The zero-order chi connectivity index (χ0) is 18.6. The van der Waals surface area contributed by atoms with Gasteiger partial charge in [0.1, 0.15) is 5.82 Å². The Morgan fingerprint density at radius 3 is 2.32 bits per heavy atom. The molecule has 0 bridgehead atoms. The van der Waals surface area contributed by atoms with Gasteiger partial charge in [0, 0.05) is 19.3 Å². The smallest absolute Gasteiger partial charge is 0.333 e. The molecule has 2 aromatic rings. The lowest BCUT2D eigenvalue weighted by molar-refractivity contribution is -0.142. The standard InChI is InChI=1S/C17H14F4N2O2/c1-23(10-11-5-3-2-4-6-11)16(25)15(24)22-12-7-8-14(18)13(9-12)17(19,20)21/h2-9H,10H2,1H3,(H,22,24). The molecule has 132 valence electrons. The number of anilines is 1. The molecule has 2 amide bonds. The Kier molecular flexibility index (Phi) is 5.41. The molecule has 0 aliphatic rings. The summed E-state index contributed by atoms with van der Waals surface area (Å²) in [6, 6.07) is 10.8. The minimum atomic E-state index is -4.90. The summed E-state index contributed by atoms with van der Waals surface area (Å²) < 4.78 is 51.2. The fourth-order valence-electron chi connectivity index (χ4n) is 2.11. The monoisotopic (exact) mass is 354 g/mol.